The third kappa shape index (κ3) is 5.06. The average molecular weight is 437 g/mol. The Bertz CT molecular complexity index is 878. The predicted molar refractivity (Wildman–Crippen MR) is 134 cm³/mol. The van der Waals surface area contributed by atoms with E-state index in [9.17, 15) is 9.59 Å². The molecule has 0 unspecified atom stereocenters. The van der Waals surface area contributed by atoms with Gasteiger partial charge in [0.25, 0.3) is 11.8 Å². The summed E-state index contributed by atoms with van der Waals surface area (Å²) in [5.74, 6) is 0.0140. The Morgan fingerprint density at radius 1 is 0.562 bits per heavy atom. The van der Waals surface area contributed by atoms with Crippen LogP contribution < -0.4 is 0 Å². The van der Waals surface area contributed by atoms with Crippen molar-refractivity contribution in [3.8, 4) is 11.1 Å². The summed E-state index contributed by atoms with van der Waals surface area (Å²) >= 11 is 0. The van der Waals surface area contributed by atoms with Crippen molar-refractivity contribution in [1.82, 2.24) is 9.80 Å². The third-order valence-electron chi connectivity index (χ3n) is 5.96. The maximum Gasteiger partial charge on any atom is 0.255 e. The highest BCUT2D eigenvalue weighted by atomic mass is 16.2. The van der Waals surface area contributed by atoms with Crippen molar-refractivity contribution in [3.63, 3.8) is 0 Å². The van der Waals surface area contributed by atoms with Crippen molar-refractivity contribution in [3.05, 3.63) is 58.7 Å². The standard InChI is InChI=1S/C28H40N2O2/c1-17(2)29(18(3)4)27(31)25-21(9)13-11-15-23(25)24-16-12-14-22(10)26(24)28(32)30(19(5)6)20(7)8/h11-20H,1-10H3. The molecule has 4 nitrogen and oxygen atoms in total. The molecule has 0 saturated carbocycles. The quantitative estimate of drug-likeness (QED) is 0.498. The van der Waals surface area contributed by atoms with E-state index in [1.54, 1.807) is 0 Å². The molecule has 0 atom stereocenters. The molecule has 0 radical (unpaired) electrons. The molecule has 2 rings (SSSR count). The second-order valence-corrected chi connectivity index (χ2v) is 9.79. The predicted octanol–water partition coefficient (Wildman–Crippen LogP) is 6.49. The number of hydrogen-bond donors (Lipinski definition) is 0. The zero-order valence-electron chi connectivity index (χ0n) is 21.5. The van der Waals surface area contributed by atoms with Crippen LogP contribution in [0.5, 0.6) is 0 Å². The Balaban J connectivity index is 2.79. The van der Waals surface area contributed by atoms with Crippen molar-refractivity contribution in [2.45, 2.75) is 93.4 Å². The van der Waals surface area contributed by atoms with Gasteiger partial charge in [0, 0.05) is 24.2 Å². The van der Waals surface area contributed by atoms with Crippen LogP contribution in [0.1, 0.15) is 87.2 Å². The van der Waals surface area contributed by atoms with E-state index in [0.29, 0.717) is 11.1 Å². The highest BCUT2D eigenvalue weighted by Gasteiger charge is 2.29. The Morgan fingerprint density at radius 2 is 0.844 bits per heavy atom. The van der Waals surface area contributed by atoms with Crippen molar-refractivity contribution in [1.29, 1.82) is 0 Å². The maximum absolute atomic E-state index is 13.8. The van der Waals surface area contributed by atoms with E-state index < -0.39 is 0 Å². The van der Waals surface area contributed by atoms with E-state index in [1.165, 1.54) is 0 Å². The lowest BCUT2D eigenvalue weighted by atomic mass is 9.89. The van der Waals surface area contributed by atoms with E-state index in [4.69, 9.17) is 0 Å². The molecule has 0 aliphatic rings. The Kier molecular flexibility index (Phi) is 8.28. The molecule has 0 bridgehead atoms. The number of carbonyl (C=O) groups is 2. The second kappa shape index (κ2) is 10.3. The number of benzene rings is 2. The topological polar surface area (TPSA) is 40.6 Å². The number of nitrogens with zero attached hydrogens (tertiary/aromatic N) is 2. The fourth-order valence-electron chi connectivity index (χ4n) is 4.74. The number of rotatable bonds is 7. The molecule has 0 N–H and O–H groups in total. The monoisotopic (exact) mass is 436 g/mol. The molecular formula is C28H40N2O2. The van der Waals surface area contributed by atoms with Gasteiger partial charge in [-0.2, -0.15) is 0 Å². The van der Waals surface area contributed by atoms with E-state index >= 15 is 0 Å². The van der Waals surface area contributed by atoms with Crippen LogP contribution in [0.3, 0.4) is 0 Å². The van der Waals surface area contributed by atoms with E-state index in [-0.39, 0.29) is 36.0 Å². The minimum atomic E-state index is 0.00702. The highest BCUT2D eigenvalue weighted by Crippen LogP contribution is 2.33. The zero-order valence-corrected chi connectivity index (χ0v) is 21.5. The molecule has 2 amide bonds. The average Bonchev–Trinajstić information content (AvgIpc) is 2.66. The first-order chi connectivity index (χ1) is 14.9. The summed E-state index contributed by atoms with van der Waals surface area (Å²) in [6.45, 7) is 20.3. The molecule has 0 aliphatic carbocycles. The Morgan fingerprint density at radius 3 is 1.09 bits per heavy atom. The summed E-state index contributed by atoms with van der Waals surface area (Å²) in [4.78, 5) is 31.4. The molecule has 32 heavy (non-hydrogen) atoms. The van der Waals surface area contributed by atoms with Gasteiger partial charge in [0.2, 0.25) is 0 Å². The van der Waals surface area contributed by atoms with Gasteiger partial charge in [-0.1, -0.05) is 36.4 Å². The van der Waals surface area contributed by atoms with Crippen LogP contribution in [0.15, 0.2) is 36.4 Å². The van der Waals surface area contributed by atoms with E-state index in [0.717, 1.165) is 22.3 Å². The van der Waals surface area contributed by atoms with Gasteiger partial charge >= 0.3 is 0 Å². The number of carbonyl (C=O) groups excluding carboxylic acids is 2. The smallest absolute Gasteiger partial charge is 0.255 e. The van der Waals surface area contributed by atoms with Crippen molar-refractivity contribution >= 4 is 11.8 Å². The lowest BCUT2D eigenvalue weighted by molar-refractivity contribution is 0.0632. The van der Waals surface area contributed by atoms with Gasteiger partial charge in [-0.25, -0.2) is 0 Å². The molecule has 174 valence electrons. The number of hydrogen-bond acceptors (Lipinski definition) is 2. The summed E-state index contributed by atoms with van der Waals surface area (Å²) in [6, 6.07) is 12.1. The van der Waals surface area contributed by atoms with Gasteiger partial charge in [-0.15, -0.1) is 0 Å². The minimum Gasteiger partial charge on any atom is -0.334 e. The van der Waals surface area contributed by atoms with Crippen LogP contribution in [0.2, 0.25) is 0 Å². The summed E-state index contributed by atoms with van der Waals surface area (Å²) in [6.07, 6.45) is 0. The third-order valence-corrected chi connectivity index (χ3v) is 5.96. The van der Waals surface area contributed by atoms with E-state index in [2.05, 4.69) is 0 Å². The van der Waals surface area contributed by atoms with Gasteiger partial charge in [-0.05, 0) is 91.5 Å². The summed E-state index contributed by atoms with van der Waals surface area (Å²) in [5, 5.41) is 0. The largest absolute Gasteiger partial charge is 0.334 e. The van der Waals surface area contributed by atoms with Crippen LogP contribution in [-0.4, -0.2) is 45.8 Å². The van der Waals surface area contributed by atoms with Crippen molar-refractivity contribution in [2.24, 2.45) is 0 Å². The summed E-state index contributed by atoms with van der Waals surface area (Å²) < 4.78 is 0. The fraction of sp³-hybridized carbons (Fsp3) is 0.500. The normalized spacial score (nSPS) is 11.6. The molecule has 2 aromatic carbocycles. The molecule has 0 saturated heterocycles. The summed E-state index contributed by atoms with van der Waals surface area (Å²) in [7, 11) is 0. The molecule has 4 heteroatoms. The lowest BCUT2D eigenvalue weighted by Gasteiger charge is -2.33. The Labute approximate surface area is 194 Å². The van der Waals surface area contributed by atoms with Crippen LogP contribution in [0.4, 0.5) is 0 Å². The first-order valence-electron chi connectivity index (χ1n) is 11.7. The molecule has 0 aromatic heterocycles. The zero-order chi connectivity index (χ0) is 24.3. The second-order valence-electron chi connectivity index (χ2n) is 9.79. The van der Waals surface area contributed by atoms with Gasteiger partial charge < -0.3 is 9.80 Å². The Hall–Kier alpha value is -2.62. The van der Waals surface area contributed by atoms with Crippen LogP contribution >= 0.6 is 0 Å². The SMILES string of the molecule is Cc1cccc(-c2cccc(C)c2C(=O)N(C(C)C)C(C)C)c1C(=O)N(C(C)C)C(C)C. The van der Waals surface area contributed by atoms with Gasteiger partial charge in [0.05, 0.1) is 11.1 Å². The molecule has 0 fully saturated rings. The van der Waals surface area contributed by atoms with Crippen LogP contribution in [0, 0.1) is 13.8 Å². The summed E-state index contributed by atoms with van der Waals surface area (Å²) in [5.41, 5.74) is 4.83. The van der Waals surface area contributed by atoms with Gasteiger partial charge in [-0.3, -0.25) is 9.59 Å². The number of amides is 2. The lowest BCUT2D eigenvalue weighted by Crippen LogP contribution is -2.43. The molecule has 0 spiro atoms. The highest BCUT2D eigenvalue weighted by molar-refractivity contribution is 6.08. The number of aryl methyl sites for hydroxylation is 2. The van der Waals surface area contributed by atoms with E-state index in [1.807, 2.05) is 115 Å². The molecule has 2 aromatic rings. The van der Waals surface area contributed by atoms with Crippen LogP contribution in [-0.2, 0) is 0 Å². The van der Waals surface area contributed by atoms with Gasteiger partial charge in [0.1, 0.15) is 0 Å². The molecule has 0 aliphatic heterocycles. The van der Waals surface area contributed by atoms with Crippen LogP contribution in [0.25, 0.3) is 11.1 Å². The minimum absolute atomic E-state index is 0.00702. The van der Waals surface area contributed by atoms with Gasteiger partial charge in [0.15, 0.2) is 0 Å². The first kappa shape index (κ1) is 25.6. The maximum atomic E-state index is 13.8. The molecular weight excluding hydrogens is 396 g/mol. The van der Waals surface area contributed by atoms with Crippen molar-refractivity contribution < 1.29 is 9.59 Å². The van der Waals surface area contributed by atoms with Crippen molar-refractivity contribution in [2.75, 3.05) is 0 Å². The molecule has 0 heterocycles. The fourth-order valence-corrected chi connectivity index (χ4v) is 4.74. The first-order valence-corrected chi connectivity index (χ1v) is 11.7.